The molecule has 33 heavy (non-hydrogen) atoms. The third-order valence-corrected chi connectivity index (χ3v) is 5.56. The van der Waals surface area contributed by atoms with Crippen LogP contribution in [-0.4, -0.2) is 15.3 Å². The van der Waals surface area contributed by atoms with E-state index in [0.29, 0.717) is 28.6 Å². The molecule has 0 atom stereocenters. The molecule has 0 saturated carbocycles. The van der Waals surface area contributed by atoms with Crippen LogP contribution in [0.4, 0.5) is 17.1 Å². The van der Waals surface area contributed by atoms with Gasteiger partial charge in [-0.15, -0.1) is 0 Å². The zero-order valence-electron chi connectivity index (χ0n) is 19.1. The highest BCUT2D eigenvalue weighted by Gasteiger charge is 2.23. The maximum absolute atomic E-state index is 10.8. The lowest BCUT2D eigenvalue weighted by atomic mass is 10.1. The van der Waals surface area contributed by atoms with E-state index in [-0.39, 0.29) is 17.2 Å². The van der Waals surface area contributed by atoms with Gasteiger partial charge < -0.3 is 20.1 Å². The number of phenolic OH excluding ortho intramolecular Hbond substituents is 3. The Bertz CT molecular complexity index is 1280. The number of para-hydroxylation sites is 2. The predicted molar refractivity (Wildman–Crippen MR) is 132 cm³/mol. The number of benzene rings is 4. The Hall–Kier alpha value is -4.12. The molecule has 4 rings (SSSR count). The Morgan fingerprint density at radius 1 is 0.545 bits per heavy atom. The van der Waals surface area contributed by atoms with E-state index in [4.69, 9.17) is 4.74 Å². The molecule has 0 saturated heterocycles. The normalized spacial score (nSPS) is 10.8. The number of hydrogen-bond donors (Lipinski definition) is 3. The fourth-order valence-corrected chi connectivity index (χ4v) is 3.79. The molecular weight excluding hydrogens is 414 g/mol. The molecule has 0 aromatic heterocycles. The second-order valence-electron chi connectivity index (χ2n) is 8.29. The van der Waals surface area contributed by atoms with Crippen molar-refractivity contribution in [2.24, 2.45) is 0 Å². The molecule has 0 fully saturated rings. The van der Waals surface area contributed by atoms with Gasteiger partial charge in [-0.2, -0.15) is 0 Å². The molecule has 5 heteroatoms. The lowest BCUT2D eigenvalue weighted by molar-refractivity contribution is 0.450. The Morgan fingerprint density at radius 2 is 1.12 bits per heavy atom. The molecule has 0 radical (unpaired) electrons. The Labute approximate surface area is 193 Å². The van der Waals surface area contributed by atoms with Gasteiger partial charge in [-0.1, -0.05) is 24.3 Å². The molecule has 4 aromatic carbocycles. The summed E-state index contributed by atoms with van der Waals surface area (Å²) in [6, 6.07) is 21.5. The molecule has 0 aliphatic carbocycles. The van der Waals surface area contributed by atoms with Crippen molar-refractivity contribution in [3.8, 4) is 28.7 Å². The molecule has 168 valence electrons. The molecule has 0 aliphatic rings. The number of rotatable bonds is 5. The van der Waals surface area contributed by atoms with Gasteiger partial charge >= 0.3 is 0 Å². The zero-order chi connectivity index (χ0) is 23.7. The number of aryl methyl sites for hydroxylation is 4. The largest absolute Gasteiger partial charge is 0.508 e. The van der Waals surface area contributed by atoms with E-state index < -0.39 is 0 Å². The van der Waals surface area contributed by atoms with Crippen LogP contribution in [0.2, 0.25) is 0 Å². The van der Waals surface area contributed by atoms with Gasteiger partial charge in [0.25, 0.3) is 0 Å². The van der Waals surface area contributed by atoms with Crippen molar-refractivity contribution >= 4 is 17.1 Å². The van der Waals surface area contributed by atoms with E-state index >= 15 is 0 Å². The van der Waals surface area contributed by atoms with Gasteiger partial charge in [0.15, 0.2) is 5.75 Å². The fraction of sp³-hybridized carbons (Fsp3) is 0.143. The van der Waals surface area contributed by atoms with Gasteiger partial charge in [0.2, 0.25) is 0 Å². The molecule has 0 aliphatic heterocycles. The van der Waals surface area contributed by atoms with Crippen molar-refractivity contribution in [1.29, 1.82) is 0 Å². The number of hydrogen-bond acceptors (Lipinski definition) is 5. The van der Waals surface area contributed by atoms with Crippen molar-refractivity contribution in [1.82, 2.24) is 0 Å². The first-order valence-electron chi connectivity index (χ1n) is 10.7. The summed E-state index contributed by atoms with van der Waals surface area (Å²) in [4.78, 5) is 1.78. The SMILES string of the molecule is Cc1ccc(O)c(N(c2cc(C)ccc2O)c2ccccc2Oc2cc(O)c(C)cc2C)c1. The molecule has 0 unspecified atom stereocenters. The summed E-state index contributed by atoms with van der Waals surface area (Å²) in [6.45, 7) is 7.64. The number of ether oxygens (including phenoxy) is 1. The molecule has 0 spiro atoms. The highest BCUT2D eigenvalue weighted by Crippen LogP contribution is 2.48. The first-order valence-corrected chi connectivity index (χ1v) is 10.7. The van der Waals surface area contributed by atoms with Gasteiger partial charge in [-0.05, 0) is 92.4 Å². The summed E-state index contributed by atoms with van der Waals surface area (Å²) >= 11 is 0. The highest BCUT2D eigenvalue weighted by molar-refractivity contribution is 5.86. The van der Waals surface area contributed by atoms with Crippen molar-refractivity contribution in [2.45, 2.75) is 27.7 Å². The van der Waals surface area contributed by atoms with Gasteiger partial charge in [0.1, 0.15) is 23.0 Å². The van der Waals surface area contributed by atoms with Crippen LogP contribution >= 0.6 is 0 Å². The molecule has 4 aromatic rings. The second kappa shape index (κ2) is 8.79. The smallest absolute Gasteiger partial charge is 0.151 e. The van der Waals surface area contributed by atoms with Gasteiger partial charge in [0, 0.05) is 6.07 Å². The van der Waals surface area contributed by atoms with Gasteiger partial charge in [-0.25, -0.2) is 0 Å². The third-order valence-electron chi connectivity index (χ3n) is 5.56. The Balaban J connectivity index is 1.93. The van der Waals surface area contributed by atoms with E-state index in [9.17, 15) is 15.3 Å². The quantitative estimate of drug-likeness (QED) is 0.303. The summed E-state index contributed by atoms with van der Waals surface area (Å²) in [6.07, 6.45) is 0. The predicted octanol–water partition coefficient (Wildman–Crippen LogP) is 7.30. The highest BCUT2D eigenvalue weighted by atomic mass is 16.5. The first kappa shape index (κ1) is 22.1. The average Bonchev–Trinajstić information content (AvgIpc) is 2.78. The Morgan fingerprint density at radius 3 is 1.73 bits per heavy atom. The van der Waals surface area contributed by atoms with Crippen LogP contribution in [0.5, 0.6) is 28.7 Å². The number of phenols is 3. The topological polar surface area (TPSA) is 73.2 Å². The summed E-state index contributed by atoms with van der Waals surface area (Å²) in [5, 5.41) is 31.8. The minimum atomic E-state index is 0.0699. The monoisotopic (exact) mass is 441 g/mol. The van der Waals surface area contributed by atoms with Crippen LogP contribution < -0.4 is 9.64 Å². The molecule has 0 amide bonds. The first-order chi connectivity index (χ1) is 15.7. The zero-order valence-corrected chi connectivity index (χ0v) is 19.1. The van der Waals surface area contributed by atoms with Crippen LogP contribution in [0.1, 0.15) is 22.3 Å². The molecule has 3 N–H and O–H groups in total. The Kier molecular flexibility index (Phi) is 5.88. The van der Waals surface area contributed by atoms with Crippen molar-refractivity contribution in [3.63, 3.8) is 0 Å². The van der Waals surface area contributed by atoms with E-state index in [1.54, 1.807) is 23.1 Å². The van der Waals surface area contributed by atoms with E-state index in [1.165, 1.54) is 0 Å². The number of nitrogens with zero attached hydrogens (tertiary/aromatic N) is 1. The van der Waals surface area contributed by atoms with Crippen LogP contribution in [0.3, 0.4) is 0 Å². The molecule has 0 bridgehead atoms. The van der Waals surface area contributed by atoms with E-state index in [2.05, 4.69) is 0 Å². The standard InChI is InChI=1S/C28H27NO4/c1-17-9-11-24(30)22(13-17)29(23-14-18(2)10-12-25(23)31)21-7-5-6-8-27(21)33-28-16-26(32)19(3)15-20(28)4/h5-16,30-32H,1-4H3. The van der Waals surface area contributed by atoms with Crippen LogP contribution in [-0.2, 0) is 0 Å². The van der Waals surface area contributed by atoms with E-state index in [1.807, 2.05) is 82.3 Å². The summed E-state index contributed by atoms with van der Waals surface area (Å²) in [5.74, 6) is 1.32. The lowest BCUT2D eigenvalue weighted by Crippen LogP contribution is -2.12. The maximum atomic E-state index is 10.8. The van der Waals surface area contributed by atoms with Crippen LogP contribution in [0, 0.1) is 27.7 Å². The summed E-state index contributed by atoms with van der Waals surface area (Å²) < 4.78 is 6.28. The fourth-order valence-electron chi connectivity index (χ4n) is 3.79. The minimum Gasteiger partial charge on any atom is -0.508 e. The molecule has 0 heterocycles. The van der Waals surface area contributed by atoms with Gasteiger partial charge in [0.05, 0.1) is 17.1 Å². The van der Waals surface area contributed by atoms with Crippen molar-refractivity contribution in [2.75, 3.05) is 4.90 Å². The van der Waals surface area contributed by atoms with E-state index in [0.717, 1.165) is 22.3 Å². The molecule has 5 nitrogen and oxygen atoms in total. The number of aromatic hydroxyl groups is 3. The number of anilines is 3. The molecular formula is C28H27NO4. The second-order valence-corrected chi connectivity index (χ2v) is 8.29. The lowest BCUT2D eigenvalue weighted by Gasteiger charge is -2.29. The summed E-state index contributed by atoms with van der Waals surface area (Å²) in [5.41, 5.74) is 5.20. The van der Waals surface area contributed by atoms with Crippen LogP contribution in [0.25, 0.3) is 0 Å². The van der Waals surface area contributed by atoms with Crippen LogP contribution in [0.15, 0.2) is 72.8 Å². The third kappa shape index (κ3) is 4.44. The minimum absolute atomic E-state index is 0.0699. The maximum Gasteiger partial charge on any atom is 0.151 e. The van der Waals surface area contributed by atoms with Crippen molar-refractivity contribution in [3.05, 3.63) is 95.1 Å². The van der Waals surface area contributed by atoms with Crippen molar-refractivity contribution < 1.29 is 20.1 Å². The van der Waals surface area contributed by atoms with Gasteiger partial charge in [-0.3, -0.25) is 4.90 Å². The average molecular weight is 442 g/mol. The summed E-state index contributed by atoms with van der Waals surface area (Å²) in [7, 11) is 0.